The van der Waals surface area contributed by atoms with Gasteiger partial charge in [0.2, 0.25) is 0 Å². The van der Waals surface area contributed by atoms with Crippen molar-refractivity contribution in [3.63, 3.8) is 0 Å². The highest BCUT2D eigenvalue weighted by atomic mass is 32.2. The summed E-state index contributed by atoms with van der Waals surface area (Å²) in [6.45, 7) is 15.3. The Balaban J connectivity index is 5.31. The molecule has 0 N–H and O–H groups in total. The first-order chi connectivity index (χ1) is 6.73. The summed E-state index contributed by atoms with van der Waals surface area (Å²) in [6, 6.07) is 0. The lowest BCUT2D eigenvalue weighted by Crippen LogP contribution is -2.21. The van der Waals surface area contributed by atoms with Crippen molar-refractivity contribution in [2.45, 2.75) is 48.5 Å². The molecule has 0 aromatic heterocycles. The molecule has 0 fully saturated rings. The zero-order valence-electron chi connectivity index (χ0n) is 11.4. The maximum atomic E-state index is 4.57. The molecule has 0 radical (unpaired) electrons. The summed E-state index contributed by atoms with van der Waals surface area (Å²) in [6.07, 6.45) is 2.14. The molecule has 0 saturated heterocycles. The Labute approximate surface area is 99.4 Å². The molecule has 0 amide bonds. The van der Waals surface area contributed by atoms with E-state index in [0.717, 1.165) is 5.71 Å². The third-order valence-corrected chi connectivity index (χ3v) is 4.18. The lowest BCUT2D eigenvalue weighted by molar-refractivity contribution is 0.324. The smallest absolute Gasteiger partial charge is 0.0472 e. The van der Waals surface area contributed by atoms with E-state index in [1.54, 1.807) is 0 Å². The van der Waals surface area contributed by atoms with Gasteiger partial charge in [-0.15, -0.1) is 11.8 Å². The van der Waals surface area contributed by atoms with Crippen LogP contribution < -0.4 is 0 Å². The maximum absolute atomic E-state index is 4.57. The lowest BCUT2D eigenvalue weighted by Gasteiger charge is -2.32. The molecular formula is C13H25NS. The Hall–Kier alpha value is -0.240. The van der Waals surface area contributed by atoms with E-state index in [2.05, 4.69) is 45.9 Å². The van der Waals surface area contributed by atoms with Gasteiger partial charge in [-0.25, -0.2) is 0 Å². The Bertz CT molecular complexity index is 268. The fraction of sp³-hybridized carbons (Fsp3) is 0.769. The van der Waals surface area contributed by atoms with Crippen LogP contribution in [-0.2, 0) is 0 Å². The van der Waals surface area contributed by atoms with Crippen LogP contribution in [0.1, 0.15) is 48.5 Å². The van der Waals surface area contributed by atoms with Gasteiger partial charge in [-0.2, -0.15) is 0 Å². The molecule has 0 aromatic carbocycles. The van der Waals surface area contributed by atoms with Crippen LogP contribution in [0.2, 0.25) is 0 Å². The lowest BCUT2D eigenvalue weighted by atomic mass is 9.80. The average molecular weight is 227 g/mol. The molecule has 15 heavy (non-hydrogen) atoms. The highest BCUT2D eigenvalue weighted by Gasteiger charge is 2.28. The predicted octanol–water partition coefficient (Wildman–Crippen LogP) is 4.74. The molecule has 0 atom stereocenters. The van der Waals surface area contributed by atoms with Gasteiger partial charge in [-0.1, -0.05) is 27.7 Å². The first-order valence-electron chi connectivity index (χ1n) is 5.50. The van der Waals surface area contributed by atoms with Gasteiger partial charge in [0.15, 0.2) is 0 Å². The second-order valence-electron chi connectivity index (χ2n) is 5.05. The third-order valence-electron chi connectivity index (χ3n) is 2.95. The van der Waals surface area contributed by atoms with Crippen LogP contribution in [0.3, 0.4) is 0 Å². The maximum Gasteiger partial charge on any atom is 0.0472 e. The van der Waals surface area contributed by atoms with Crippen LogP contribution >= 0.6 is 11.8 Å². The van der Waals surface area contributed by atoms with Crippen LogP contribution in [0, 0.1) is 11.3 Å². The molecule has 0 bridgehead atoms. The van der Waals surface area contributed by atoms with Crippen molar-refractivity contribution in [3.05, 3.63) is 10.6 Å². The number of allylic oxidation sites excluding steroid dienone is 2. The molecule has 88 valence electrons. The van der Waals surface area contributed by atoms with Crippen molar-refractivity contribution < 1.29 is 0 Å². The van der Waals surface area contributed by atoms with Crippen molar-refractivity contribution in [2.75, 3.05) is 6.26 Å². The summed E-state index contributed by atoms with van der Waals surface area (Å²) in [4.78, 5) is 5.97. The number of hydrogen-bond acceptors (Lipinski definition) is 2. The predicted molar refractivity (Wildman–Crippen MR) is 73.6 cm³/mol. The number of aliphatic imine (C=N–C) groups is 1. The molecule has 0 heterocycles. The minimum absolute atomic E-state index is 0.211. The quantitative estimate of drug-likeness (QED) is 0.632. The van der Waals surface area contributed by atoms with Crippen LogP contribution in [0.4, 0.5) is 0 Å². The van der Waals surface area contributed by atoms with Gasteiger partial charge >= 0.3 is 0 Å². The normalized spacial score (nSPS) is 13.9. The van der Waals surface area contributed by atoms with Crippen molar-refractivity contribution in [1.82, 2.24) is 0 Å². The van der Waals surface area contributed by atoms with Crippen molar-refractivity contribution >= 4 is 17.5 Å². The first kappa shape index (κ1) is 14.8. The van der Waals surface area contributed by atoms with Crippen LogP contribution in [-0.4, -0.2) is 12.0 Å². The van der Waals surface area contributed by atoms with E-state index in [1.165, 1.54) is 10.6 Å². The first-order valence-corrected chi connectivity index (χ1v) is 6.73. The standard InChI is InChI=1S/C13H25NS/c1-9(2)13(6,7)12(15-8)11(5)14-10(3)4/h9H,1-8H3/b12-11-. The summed E-state index contributed by atoms with van der Waals surface area (Å²) >= 11 is 1.83. The zero-order valence-corrected chi connectivity index (χ0v) is 12.2. The zero-order chi connectivity index (χ0) is 12.2. The molecular weight excluding hydrogens is 202 g/mol. The molecule has 0 aliphatic rings. The molecule has 1 nitrogen and oxygen atoms in total. The molecule has 0 spiro atoms. The van der Waals surface area contributed by atoms with Gasteiger partial charge in [0.1, 0.15) is 0 Å². The van der Waals surface area contributed by atoms with Crippen molar-refractivity contribution in [2.24, 2.45) is 16.3 Å². The fourth-order valence-corrected chi connectivity index (χ4v) is 2.63. The van der Waals surface area contributed by atoms with Crippen LogP contribution in [0.5, 0.6) is 0 Å². The second kappa shape index (κ2) is 5.74. The van der Waals surface area contributed by atoms with E-state index in [0.29, 0.717) is 5.92 Å². The molecule has 0 aliphatic carbocycles. The third kappa shape index (κ3) is 4.02. The summed E-state index contributed by atoms with van der Waals surface area (Å²) in [5.74, 6) is 0.627. The Morgan fingerprint density at radius 3 is 1.87 bits per heavy atom. The number of thioether (sulfide) groups is 1. The van der Waals surface area contributed by atoms with E-state index < -0.39 is 0 Å². The van der Waals surface area contributed by atoms with E-state index in [4.69, 9.17) is 0 Å². The van der Waals surface area contributed by atoms with Gasteiger partial charge in [-0.05, 0) is 38.4 Å². The minimum Gasteiger partial charge on any atom is -0.262 e. The monoisotopic (exact) mass is 227 g/mol. The molecule has 0 unspecified atom stereocenters. The minimum atomic E-state index is 0.211. The Kier molecular flexibility index (Phi) is 5.65. The molecule has 2 heteroatoms. The van der Waals surface area contributed by atoms with Crippen LogP contribution in [0.25, 0.3) is 0 Å². The highest BCUT2D eigenvalue weighted by Crippen LogP contribution is 2.42. The van der Waals surface area contributed by atoms with E-state index in [9.17, 15) is 0 Å². The second-order valence-corrected chi connectivity index (χ2v) is 5.87. The molecule has 0 aliphatic heterocycles. The van der Waals surface area contributed by atoms with Crippen LogP contribution in [0.15, 0.2) is 15.6 Å². The highest BCUT2D eigenvalue weighted by molar-refractivity contribution is 8.02. The van der Waals surface area contributed by atoms with Gasteiger partial charge < -0.3 is 0 Å². The molecule has 0 rings (SSSR count). The average Bonchev–Trinajstić information content (AvgIpc) is 2.02. The van der Waals surface area contributed by atoms with Gasteiger partial charge in [0.25, 0.3) is 0 Å². The topological polar surface area (TPSA) is 12.4 Å². The fourth-order valence-electron chi connectivity index (χ4n) is 1.53. The largest absolute Gasteiger partial charge is 0.262 e. The number of rotatable bonds is 4. The van der Waals surface area contributed by atoms with E-state index in [1.807, 2.05) is 25.6 Å². The van der Waals surface area contributed by atoms with E-state index >= 15 is 0 Å². The summed E-state index contributed by atoms with van der Waals surface area (Å²) in [5, 5.41) is 0. The Morgan fingerprint density at radius 2 is 1.60 bits per heavy atom. The summed E-state index contributed by atoms with van der Waals surface area (Å²) in [7, 11) is 0. The number of hydrogen-bond donors (Lipinski definition) is 0. The van der Waals surface area contributed by atoms with Gasteiger partial charge in [0, 0.05) is 16.3 Å². The van der Waals surface area contributed by atoms with Gasteiger partial charge in [0.05, 0.1) is 0 Å². The molecule has 0 saturated carbocycles. The summed E-state index contributed by atoms with van der Waals surface area (Å²) < 4.78 is 0. The number of nitrogens with zero attached hydrogens (tertiary/aromatic N) is 1. The van der Waals surface area contributed by atoms with Crippen molar-refractivity contribution in [1.29, 1.82) is 0 Å². The van der Waals surface area contributed by atoms with Gasteiger partial charge in [-0.3, -0.25) is 4.99 Å². The van der Waals surface area contributed by atoms with Crippen molar-refractivity contribution in [3.8, 4) is 0 Å². The Morgan fingerprint density at radius 1 is 1.13 bits per heavy atom. The summed E-state index contributed by atoms with van der Waals surface area (Å²) in [5.41, 5.74) is 2.50. The van der Waals surface area contributed by atoms with E-state index in [-0.39, 0.29) is 5.41 Å². The SMILES string of the molecule is CS/C(=C(/C)N=C(C)C)C(C)(C)C(C)C. The molecule has 0 aromatic rings.